The van der Waals surface area contributed by atoms with Crippen LogP contribution in [0.4, 0.5) is 5.82 Å². The summed E-state index contributed by atoms with van der Waals surface area (Å²) in [4.78, 5) is 40.8. The van der Waals surface area contributed by atoms with Crippen LogP contribution in [0.1, 0.15) is 54.4 Å². The molecule has 3 aromatic rings. The first-order chi connectivity index (χ1) is 17.4. The van der Waals surface area contributed by atoms with Crippen LogP contribution in [-0.2, 0) is 26.7 Å². The summed E-state index contributed by atoms with van der Waals surface area (Å²) in [6.45, 7) is 5.58. The van der Waals surface area contributed by atoms with E-state index >= 15 is 0 Å². The van der Waals surface area contributed by atoms with Gasteiger partial charge in [-0.2, -0.15) is 0 Å². The van der Waals surface area contributed by atoms with Crippen molar-refractivity contribution in [2.75, 3.05) is 24.6 Å². The van der Waals surface area contributed by atoms with Crippen LogP contribution >= 0.6 is 11.8 Å². The number of nitrogen functional groups attached to an aromatic ring is 1. The Hall–Kier alpha value is -3.18. The molecule has 0 aliphatic carbocycles. The fraction of sp³-hybridized carbons (Fsp3) is 0.480. The van der Waals surface area contributed by atoms with Crippen molar-refractivity contribution in [3.63, 3.8) is 0 Å². The van der Waals surface area contributed by atoms with E-state index in [1.54, 1.807) is 0 Å². The van der Waals surface area contributed by atoms with Crippen molar-refractivity contribution in [1.82, 2.24) is 28.8 Å². The number of carbonyl (C=O) groups excluding carboxylic acids is 1. The summed E-state index contributed by atoms with van der Waals surface area (Å²) in [5.41, 5.74) is 5.89. The fourth-order valence-corrected chi connectivity index (χ4v) is 5.30. The number of Topliss-reactive ketones (excluding diaryl/α,β-unsaturated/α-hetero) is 1. The zero-order chi connectivity index (χ0) is 25.7. The van der Waals surface area contributed by atoms with E-state index < -0.39 is 17.0 Å². The van der Waals surface area contributed by atoms with Gasteiger partial charge in [-0.1, -0.05) is 55.4 Å². The summed E-state index contributed by atoms with van der Waals surface area (Å²) in [6, 6.07) is 10.0. The van der Waals surface area contributed by atoms with Gasteiger partial charge in [0.25, 0.3) is 5.56 Å². The molecule has 0 saturated carbocycles. The summed E-state index contributed by atoms with van der Waals surface area (Å²) in [5, 5.41) is 9.46. The quantitative estimate of drug-likeness (QED) is 0.325. The number of hydrogen-bond acceptors (Lipinski definition) is 8. The van der Waals surface area contributed by atoms with E-state index in [1.165, 1.54) is 42.6 Å². The van der Waals surface area contributed by atoms with Crippen LogP contribution in [0.15, 0.2) is 45.1 Å². The summed E-state index contributed by atoms with van der Waals surface area (Å²) in [6.07, 6.45) is 4.26. The van der Waals surface area contributed by atoms with Gasteiger partial charge < -0.3 is 10.3 Å². The van der Waals surface area contributed by atoms with Crippen LogP contribution in [0.25, 0.3) is 0 Å². The van der Waals surface area contributed by atoms with Gasteiger partial charge in [-0.25, -0.2) is 4.79 Å². The molecule has 0 unspecified atom stereocenters. The molecule has 0 bridgehead atoms. The van der Waals surface area contributed by atoms with E-state index in [4.69, 9.17) is 5.73 Å². The average molecular weight is 512 g/mol. The Balaban J connectivity index is 1.59. The summed E-state index contributed by atoms with van der Waals surface area (Å²) in [7, 11) is 1.36. The Morgan fingerprint density at radius 3 is 2.44 bits per heavy atom. The molecule has 1 aliphatic heterocycles. The molecule has 3 heterocycles. The lowest BCUT2D eigenvalue weighted by Crippen LogP contribution is -2.42. The Labute approximate surface area is 214 Å². The van der Waals surface area contributed by atoms with Crippen molar-refractivity contribution in [2.24, 2.45) is 7.05 Å². The molecule has 1 aromatic carbocycles. The number of benzene rings is 1. The van der Waals surface area contributed by atoms with Crippen molar-refractivity contribution in [1.29, 1.82) is 0 Å². The molecule has 1 aliphatic rings. The second-order valence-electron chi connectivity index (χ2n) is 9.08. The third kappa shape index (κ3) is 5.62. The highest BCUT2D eigenvalue weighted by Gasteiger charge is 2.23. The number of hydrogen-bond donors (Lipinski definition) is 1. The van der Waals surface area contributed by atoms with E-state index in [0.717, 1.165) is 29.0 Å². The topological polar surface area (TPSA) is 121 Å². The Morgan fingerprint density at radius 2 is 1.75 bits per heavy atom. The van der Waals surface area contributed by atoms with Gasteiger partial charge in [-0.3, -0.25) is 23.6 Å². The van der Waals surface area contributed by atoms with Gasteiger partial charge in [0.05, 0.1) is 18.8 Å². The molecule has 4 rings (SSSR count). The molecular formula is C25H33N7O3S. The minimum Gasteiger partial charge on any atom is -0.384 e. The third-order valence-corrected chi connectivity index (χ3v) is 7.40. The Morgan fingerprint density at radius 1 is 1.03 bits per heavy atom. The first-order valence-electron chi connectivity index (χ1n) is 12.3. The highest BCUT2D eigenvalue weighted by atomic mass is 32.2. The second-order valence-corrected chi connectivity index (χ2v) is 10.0. The van der Waals surface area contributed by atoms with Crippen molar-refractivity contribution in [2.45, 2.75) is 57.4 Å². The molecule has 0 radical (unpaired) electrons. The number of carbonyl (C=O) groups is 1. The monoisotopic (exact) mass is 511 g/mol. The number of nitrogens with zero attached hydrogens (tertiary/aromatic N) is 6. The number of likely N-dealkylation sites (tertiary alicyclic amines) is 1. The molecule has 0 atom stereocenters. The first kappa shape index (κ1) is 25.9. The van der Waals surface area contributed by atoms with Crippen LogP contribution in [0.5, 0.6) is 0 Å². The lowest BCUT2D eigenvalue weighted by atomic mass is 10.1. The normalized spacial score (nSPS) is 14.3. The number of nitrogens with two attached hydrogens (primary N) is 1. The first-order valence-corrected chi connectivity index (χ1v) is 13.3. The molecule has 2 aromatic heterocycles. The van der Waals surface area contributed by atoms with Crippen molar-refractivity contribution < 1.29 is 4.79 Å². The molecule has 1 fully saturated rings. The van der Waals surface area contributed by atoms with Gasteiger partial charge in [0.2, 0.25) is 0 Å². The molecule has 2 N–H and O–H groups in total. The number of thioether (sulfide) groups is 1. The largest absolute Gasteiger partial charge is 0.384 e. The second kappa shape index (κ2) is 11.7. The molecule has 192 valence electrons. The van der Waals surface area contributed by atoms with Gasteiger partial charge in [-0.15, -0.1) is 10.2 Å². The third-order valence-electron chi connectivity index (χ3n) is 6.43. The maximum atomic E-state index is 13.2. The van der Waals surface area contributed by atoms with Gasteiger partial charge in [0.1, 0.15) is 17.2 Å². The smallest absolute Gasteiger partial charge is 0.332 e. The minimum atomic E-state index is -0.674. The Kier molecular flexibility index (Phi) is 8.42. The summed E-state index contributed by atoms with van der Waals surface area (Å²) >= 11 is 1.23. The standard InChI is InChI=1S/C25H33N7O3S/c1-3-12-31-22(26)21(23(34)29(2)25(31)35)19(33)17-36-24-28-27-20(16-30-13-8-5-9-14-30)32(24)15-18-10-6-4-7-11-18/h4,6-7,10-11H,3,5,8-9,12-17,26H2,1-2H3. The van der Waals surface area contributed by atoms with Crippen LogP contribution in [-0.4, -0.2) is 53.4 Å². The molecule has 0 amide bonds. The van der Waals surface area contributed by atoms with Gasteiger partial charge in [0, 0.05) is 13.6 Å². The molecular weight excluding hydrogens is 478 g/mol. The highest BCUT2D eigenvalue weighted by Crippen LogP contribution is 2.22. The van der Waals surface area contributed by atoms with E-state index in [9.17, 15) is 14.4 Å². The van der Waals surface area contributed by atoms with Crippen LogP contribution < -0.4 is 17.0 Å². The van der Waals surface area contributed by atoms with E-state index in [2.05, 4.69) is 15.1 Å². The predicted octanol–water partition coefficient (Wildman–Crippen LogP) is 2.14. The van der Waals surface area contributed by atoms with Crippen molar-refractivity contribution in [3.8, 4) is 0 Å². The minimum absolute atomic E-state index is 0.0413. The van der Waals surface area contributed by atoms with Crippen LogP contribution in [0.2, 0.25) is 0 Å². The molecule has 36 heavy (non-hydrogen) atoms. The number of ketones is 1. The zero-order valence-electron chi connectivity index (χ0n) is 20.9. The summed E-state index contributed by atoms with van der Waals surface area (Å²) in [5.74, 6) is 0.296. The molecule has 1 saturated heterocycles. The SMILES string of the molecule is CCCn1c(N)c(C(=O)CSc2nnc(CN3CCCCC3)n2Cc2ccccc2)c(=O)n(C)c1=O. The summed E-state index contributed by atoms with van der Waals surface area (Å²) < 4.78 is 4.27. The maximum absolute atomic E-state index is 13.2. The lowest BCUT2D eigenvalue weighted by molar-refractivity contribution is 0.102. The zero-order valence-corrected chi connectivity index (χ0v) is 21.7. The maximum Gasteiger partial charge on any atom is 0.332 e. The van der Waals surface area contributed by atoms with Crippen LogP contribution in [0.3, 0.4) is 0 Å². The fourth-order valence-electron chi connectivity index (χ4n) is 4.47. The number of aromatic nitrogens is 5. The van der Waals surface area contributed by atoms with Gasteiger partial charge >= 0.3 is 5.69 Å². The average Bonchev–Trinajstić information content (AvgIpc) is 3.26. The van der Waals surface area contributed by atoms with E-state index in [0.29, 0.717) is 31.2 Å². The number of piperidine rings is 1. The molecule has 10 nitrogen and oxygen atoms in total. The van der Waals surface area contributed by atoms with Gasteiger partial charge in [0.15, 0.2) is 10.9 Å². The predicted molar refractivity (Wildman–Crippen MR) is 140 cm³/mol. The van der Waals surface area contributed by atoms with E-state index in [1.807, 2.05) is 41.8 Å². The molecule has 0 spiro atoms. The highest BCUT2D eigenvalue weighted by molar-refractivity contribution is 7.99. The van der Waals surface area contributed by atoms with E-state index in [-0.39, 0.29) is 17.1 Å². The van der Waals surface area contributed by atoms with Gasteiger partial charge in [-0.05, 0) is 37.9 Å². The van der Waals surface area contributed by atoms with Crippen molar-refractivity contribution in [3.05, 3.63) is 68.1 Å². The number of anilines is 1. The van der Waals surface area contributed by atoms with Crippen molar-refractivity contribution >= 4 is 23.4 Å². The number of rotatable bonds is 10. The van der Waals surface area contributed by atoms with Crippen LogP contribution in [0, 0.1) is 0 Å². The molecule has 11 heteroatoms. The Bertz CT molecular complexity index is 1320. The lowest BCUT2D eigenvalue weighted by Gasteiger charge is -2.26.